The number of rotatable bonds is 0. The summed E-state index contributed by atoms with van der Waals surface area (Å²) < 4.78 is 36.8. The van der Waals surface area contributed by atoms with E-state index in [4.69, 9.17) is 0 Å². The van der Waals surface area contributed by atoms with Crippen molar-refractivity contribution in [2.24, 2.45) is 0 Å². The summed E-state index contributed by atoms with van der Waals surface area (Å²) in [5.41, 5.74) is -0.0930. The van der Waals surface area contributed by atoms with Gasteiger partial charge in [-0.2, -0.15) is 13.2 Å². The van der Waals surface area contributed by atoms with Crippen LogP contribution in [0.4, 0.5) is 13.2 Å². The summed E-state index contributed by atoms with van der Waals surface area (Å²) in [5.74, 6) is 0. The minimum absolute atomic E-state index is 0.221. The summed E-state index contributed by atoms with van der Waals surface area (Å²) >= 11 is 0. The van der Waals surface area contributed by atoms with E-state index in [9.17, 15) is 13.2 Å². The third-order valence-corrected chi connectivity index (χ3v) is 1.75. The molecule has 5 heteroatoms. The van der Waals surface area contributed by atoms with Crippen LogP contribution in [0.25, 0.3) is 11.0 Å². The Morgan fingerprint density at radius 3 is 2.64 bits per heavy atom. The molecular weight excluding hydrogens is 193 g/mol. The third kappa shape index (κ3) is 1.53. The maximum atomic E-state index is 12.3. The monoisotopic (exact) mass is 197 g/mol. The third-order valence-electron chi connectivity index (χ3n) is 1.75. The Kier molecular flexibility index (Phi) is 1.87. The summed E-state index contributed by atoms with van der Waals surface area (Å²) in [6.07, 6.45) is -0.648. The molecule has 14 heavy (non-hydrogen) atoms. The van der Waals surface area contributed by atoms with Crippen LogP contribution >= 0.6 is 0 Å². The molecule has 0 saturated heterocycles. The smallest absolute Gasteiger partial charge is 0.252 e. The largest absolute Gasteiger partial charge is 0.416 e. The van der Waals surface area contributed by atoms with Crippen molar-refractivity contribution >= 4 is 11.0 Å². The Morgan fingerprint density at radius 2 is 1.93 bits per heavy atom. The second-order valence-electron chi connectivity index (χ2n) is 2.70. The lowest BCUT2D eigenvalue weighted by Gasteiger charge is -2.06. The van der Waals surface area contributed by atoms with Gasteiger partial charge in [-0.3, -0.25) is 4.98 Å². The fraction of sp³-hybridized carbons (Fsp3) is 0.111. The summed E-state index contributed by atoms with van der Waals surface area (Å²) in [6.45, 7) is 0. The zero-order valence-electron chi connectivity index (χ0n) is 6.84. The molecule has 2 nitrogen and oxygen atoms in total. The Morgan fingerprint density at radius 1 is 1.14 bits per heavy atom. The molecule has 1 aromatic carbocycles. The second-order valence-corrected chi connectivity index (χ2v) is 2.70. The topological polar surface area (TPSA) is 25.8 Å². The van der Waals surface area contributed by atoms with Crippen molar-refractivity contribution in [2.45, 2.75) is 6.18 Å². The van der Waals surface area contributed by atoms with E-state index in [0.717, 1.165) is 12.1 Å². The van der Waals surface area contributed by atoms with Gasteiger partial charge in [0, 0.05) is 0 Å². The van der Waals surface area contributed by atoms with Crippen LogP contribution in [0.1, 0.15) is 5.56 Å². The highest BCUT2D eigenvalue weighted by molar-refractivity contribution is 5.74. The SMILES string of the molecule is FC(F)(F)c1ccc2n[c]cnc2c1. The molecule has 0 bridgehead atoms. The molecule has 0 unspecified atom stereocenters. The fourth-order valence-corrected chi connectivity index (χ4v) is 1.09. The van der Waals surface area contributed by atoms with Crippen LogP contribution in [0.5, 0.6) is 0 Å². The highest BCUT2D eigenvalue weighted by Crippen LogP contribution is 2.30. The zero-order chi connectivity index (χ0) is 10.2. The predicted octanol–water partition coefficient (Wildman–Crippen LogP) is 2.45. The zero-order valence-corrected chi connectivity index (χ0v) is 6.84. The number of halogens is 3. The van der Waals surface area contributed by atoms with Gasteiger partial charge >= 0.3 is 6.18 Å². The molecule has 0 spiro atoms. The van der Waals surface area contributed by atoms with Crippen molar-refractivity contribution in [3.05, 3.63) is 36.2 Å². The van der Waals surface area contributed by atoms with Crippen LogP contribution in [0.3, 0.4) is 0 Å². The van der Waals surface area contributed by atoms with Crippen LogP contribution in [0.2, 0.25) is 0 Å². The lowest BCUT2D eigenvalue weighted by atomic mass is 10.2. The van der Waals surface area contributed by atoms with Crippen LogP contribution in [-0.4, -0.2) is 9.97 Å². The summed E-state index contributed by atoms with van der Waals surface area (Å²) in [7, 11) is 0. The van der Waals surface area contributed by atoms with Crippen molar-refractivity contribution in [1.29, 1.82) is 0 Å². The van der Waals surface area contributed by atoms with E-state index in [1.54, 1.807) is 0 Å². The second kappa shape index (κ2) is 2.94. The Hall–Kier alpha value is -1.65. The normalized spacial score (nSPS) is 11.9. The predicted molar refractivity (Wildman–Crippen MR) is 43.4 cm³/mol. The number of alkyl halides is 3. The Balaban J connectivity index is 2.63. The van der Waals surface area contributed by atoms with E-state index in [1.807, 2.05) is 0 Å². The molecule has 0 aliphatic heterocycles. The summed E-state index contributed by atoms with van der Waals surface area (Å²) in [4.78, 5) is 7.49. The molecular formula is C9H4F3N2. The summed E-state index contributed by atoms with van der Waals surface area (Å²) in [5, 5.41) is 0. The molecule has 0 saturated carbocycles. The molecule has 0 aliphatic rings. The van der Waals surface area contributed by atoms with Crippen molar-refractivity contribution in [3.8, 4) is 0 Å². The lowest BCUT2D eigenvalue weighted by Crippen LogP contribution is -2.04. The average molecular weight is 197 g/mol. The minimum atomic E-state index is -4.34. The van der Waals surface area contributed by atoms with Crippen LogP contribution in [-0.2, 0) is 6.18 Å². The van der Waals surface area contributed by atoms with Crippen molar-refractivity contribution in [3.63, 3.8) is 0 Å². The first-order chi connectivity index (χ1) is 6.57. The van der Waals surface area contributed by atoms with Gasteiger partial charge < -0.3 is 0 Å². The van der Waals surface area contributed by atoms with Gasteiger partial charge in [0.05, 0.1) is 22.8 Å². The standard InChI is InChI=1S/C9H4F3N2/c10-9(11,12)6-1-2-7-8(5-6)14-4-3-13-7/h1-2,4-5H. The van der Waals surface area contributed by atoms with E-state index in [1.165, 1.54) is 12.3 Å². The quantitative estimate of drug-likeness (QED) is 0.648. The molecule has 2 rings (SSSR count). The molecule has 0 aliphatic carbocycles. The van der Waals surface area contributed by atoms with Gasteiger partial charge in [-0.1, -0.05) is 0 Å². The number of hydrogen-bond acceptors (Lipinski definition) is 2. The van der Waals surface area contributed by atoms with Gasteiger partial charge in [0.25, 0.3) is 0 Å². The lowest BCUT2D eigenvalue weighted by molar-refractivity contribution is -0.137. The molecule has 1 aromatic heterocycles. The van der Waals surface area contributed by atoms with E-state index in [0.29, 0.717) is 5.52 Å². The maximum Gasteiger partial charge on any atom is 0.416 e. The average Bonchev–Trinajstić information content (AvgIpc) is 2.16. The molecule has 71 valence electrons. The van der Waals surface area contributed by atoms with Crippen molar-refractivity contribution < 1.29 is 13.2 Å². The van der Waals surface area contributed by atoms with E-state index in [2.05, 4.69) is 16.2 Å². The number of hydrogen-bond donors (Lipinski definition) is 0. The number of benzene rings is 1. The number of aromatic nitrogens is 2. The van der Waals surface area contributed by atoms with Gasteiger partial charge in [0.1, 0.15) is 6.20 Å². The van der Waals surface area contributed by atoms with Crippen LogP contribution in [0.15, 0.2) is 24.4 Å². The molecule has 2 aromatic rings. The van der Waals surface area contributed by atoms with Gasteiger partial charge in [0.15, 0.2) is 0 Å². The van der Waals surface area contributed by atoms with Crippen molar-refractivity contribution in [1.82, 2.24) is 9.97 Å². The first kappa shape index (κ1) is 8.93. The molecule has 1 radical (unpaired) electrons. The Bertz CT molecular complexity index is 465. The molecule has 0 amide bonds. The van der Waals surface area contributed by atoms with Gasteiger partial charge in [-0.05, 0) is 18.2 Å². The highest BCUT2D eigenvalue weighted by Gasteiger charge is 2.30. The maximum absolute atomic E-state index is 12.3. The summed E-state index contributed by atoms with van der Waals surface area (Å²) in [6, 6.07) is 3.22. The number of fused-ring (bicyclic) bond motifs is 1. The molecule has 0 atom stereocenters. The van der Waals surface area contributed by atoms with Crippen molar-refractivity contribution in [2.75, 3.05) is 0 Å². The van der Waals surface area contributed by atoms with E-state index in [-0.39, 0.29) is 5.52 Å². The number of nitrogens with zero attached hydrogens (tertiary/aromatic N) is 2. The minimum Gasteiger partial charge on any atom is -0.252 e. The fourth-order valence-electron chi connectivity index (χ4n) is 1.09. The first-order valence-electron chi connectivity index (χ1n) is 3.77. The van der Waals surface area contributed by atoms with Gasteiger partial charge in [-0.25, -0.2) is 4.98 Å². The van der Waals surface area contributed by atoms with Crippen LogP contribution < -0.4 is 0 Å². The molecule has 1 heterocycles. The van der Waals surface area contributed by atoms with Gasteiger partial charge in [0.2, 0.25) is 0 Å². The van der Waals surface area contributed by atoms with E-state index < -0.39 is 11.7 Å². The van der Waals surface area contributed by atoms with Crippen LogP contribution in [0, 0.1) is 6.20 Å². The first-order valence-corrected chi connectivity index (χ1v) is 3.77. The Labute approximate surface area is 77.4 Å². The highest BCUT2D eigenvalue weighted by atomic mass is 19.4. The van der Waals surface area contributed by atoms with Gasteiger partial charge in [-0.15, -0.1) is 0 Å². The van der Waals surface area contributed by atoms with E-state index >= 15 is 0 Å². The molecule has 0 N–H and O–H groups in total. The molecule has 0 fully saturated rings.